The Morgan fingerprint density at radius 1 is 0.912 bits per heavy atom. The topological polar surface area (TPSA) is 75.7 Å². The Hall–Kier alpha value is -3.32. The van der Waals surface area contributed by atoms with Gasteiger partial charge >= 0.3 is 5.97 Å². The van der Waals surface area contributed by atoms with Crippen LogP contribution < -0.4 is 15.0 Å². The summed E-state index contributed by atoms with van der Waals surface area (Å²) in [6.45, 7) is 3.81. The fourth-order valence-electron chi connectivity index (χ4n) is 3.32. The minimum Gasteiger partial charge on any atom is -0.423 e. The van der Waals surface area contributed by atoms with Gasteiger partial charge in [0.05, 0.1) is 16.3 Å². The van der Waals surface area contributed by atoms with Crippen LogP contribution in [0.1, 0.15) is 21.5 Å². The molecule has 34 heavy (non-hydrogen) atoms. The highest BCUT2D eigenvalue weighted by Crippen LogP contribution is 2.35. The van der Waals surface area contributed by atoms with Crippen LogP contribution in [0.2, 0.25) is 10.0 Å². The Morgan fingerprint density at radius 2 is 1.62 bits per heavy atom. The fourth-order valence-corrected chi connectivity index (χ4v) is 4.03. The predicted molar refractivity (Wildman–Crippen MR) is 133 cm³/mol. The van der Waals surface area contributed by atoms with Crippen molar-refractivity contribution >= 4 is 64.0 Å². The van der Waals surface area contributed by atoms with Crippen molar-refractivity contribution in [2.24, 2.45) is 0 Å². The molecular formula is C25H17Cl3N2O4. The third kappa shape index (κ3) is 4.53. The van der Waals surface area contributed by atoms with Gasteiger partial charge in [-0.05, 0) is 73.5 Å². The van der Waals surface area contributed by atoms with E-state index in [2.05, 4.69) is 5.32 Å². The van der Waals surface area contributed by atoms with Gasteiger partial charge in [-0.15, -0.1) is 0 Å². The van der Waals surface area contributed by atoms with Crippen molar-refractivity contribution in [2.45, 2.75) is 13.8 Å². The minimum atomic E-state index is -0.716. The Morgan fingerprint density at radius 3 is 2.29 bits per heavy atom. The highest BCUT2D eigenvalue weighted by atomic mass is 35.5. The van der Waals surface area contributed by atoms with Gasteiger partial charge in [0.25, 0.3) is 11.8 Å². The zero-order valence-electron chi connectivity index (χ0n) is 18.0. The maximum Gasteiger partial charge on any atom is 0.343 e. The number of hydrogen-bond acceptors (Lipinski definition) is 5. The molecule has 0 radical (unpaired) electrons. The van der Waals surface area contributed by atoms with E-state index in [1.807, 2.05) is 26.0 Å². The summed E-state index contributed by atoms with van der Waals surface area (Å²) in [5, 5.41) is 3.06. The number of imide groups is 1. The van der Waals surface area contributed by atoms with E-state index in [0.29, 0.717) is 22.0 Å². The lowest BCUT2D eigenvalue weighted by Crippen LogP contribution is -2.32. The first kappa shape index (κ1) is 23.8. The third-order valence-corrected chi connectivity index (χ3v) is 6.21. The van der Waals surface area contributed by atoms with Gasteiger partial charge in [-0.3, -0.25) is 9.59 Å². The Kier molecular flexibility index (Phi) is 6.66. The molecule has 2 amide bonds. The number of benzene rings is 3. The van der Waals surface area contributed by atoms with E-state index < -0.39 is 17.8 Å². The molecule has 0 spiro atoms. The molecule has 1 aliphatic rings. The summed E-state index contributed by atoms with van der Waals surface area (Å²) < 4.78 is 5.50. The van der Waals surface area contributed by atoms with Crippen molar-refractivity contribution in [3.63, 3.8) is 0 Å². The van der Waals surface area contributed by atoms with Gasteiger partial charge in [-0.2, -0.15) is 0 Å². The summed E-state index contributed by atoms with van der Waals surface area (Å²) in [4.78, 5) is 39.0. The van der Waals surface area contributed by atoms with Gasteiger partial charge in [0, 0.05) is 10.7 Å². The summed E-state index contributed by atoms with van der Waals surface area (Å²) in [6.07, 6.45) is 0. The lowest BCUT2D eigenvalue weighted by molar-refractivity contribution is -0.120. The van der Waals surface area contributed by atoms with Crippen LogP contribution in [-0.4, -0.2) is 17.8 Å². The molecule has 1 N–H and O–H groups in total. The molecule has 6 nitrogen and oxygen atoms in total. The van der Waals surface area contributed by atoms with Crippen LogP contribution in [0.4, 0.5) is 11.4 Å². The molecule has 0 aromatic heterocycles. The molecule has 0 atom stereocenters. The number of amides is 2. The van der Waals surface area contributed by atoms with Crippen molar-refractivity contribution < 1.29 is 19.1 Å². The third-order valence-electron chi connectivity index (χ3n) is 5.33. The summed E-state index contributed by atoms with van der Waals surface area (Å²) in [6, 6.07) is 16.1. The largest absolute Gasteiger partial charge is 0.423 e. The van der Waals surface area contributed by atoms with Crippen molar-refractivity contribution in [3.05, 3.63) is 98.1 Å². The zero-order valence-corrected chi connectivity index (χ0v) is 20.3. The standard InChI is InChI=1S/C25H17Cl3N2O4/c1-13-4-3-5-20(14(13)2)34-25(33)15-6-9-17(10-7-15)29-22-21(28)23(31)30(24(22)32)19-11-8-16(26)12-18(19)27/h3-12,29H,1-2H3. The predicted octanol–water partition coefficient (Wildman–Crippen LogP) is 6.27. The molecule has 0 bridgehead atoms. The van der Waals surface area contributed by atoms with Crippen LogP contribution >= 0.6 is 34.8 Å². The summed E-state index contributed by atoms with van der Waals surface area (Å²) >= 11 is 18.2. The summed E-state index contributed by atoms with van der Waals surface area (Å²) in [5.74, 6) is -1.42. The normalized spacial score (nSPS) is 13.5. The second-order valence-corrected chi connectivity index (χ2v) is 8.74. The van der Waals surface area contributed by atoms with Crippen LogP contribution in [0.5, 0.6) is 5.75 Å². The number of carbonyl (C=O) groups is 3. The number of halogens is 3. The average molecular weight is 516 g/mol. The summed E-state index contributed by atoms with van der Waals surface area (Å²) in [5.41, 5.74) is 2.71. The Labute approximate surface area is 210 Å². The number of esters is 1. The van der Waals surface area contributed by atoms with E-state index in [1.165, 1.54) is 18.2 Å². The van der Waals surface area contributed by atoms with Crippen molar-refractivity contribution in [3.8, 4) is 5.75 Å². The number of nitrogens with zero attached hydrogens (tertiary/aromatic N) is 1. The van der Waals surface area contributed by atoms with Crippen molar-refractivity contribution in [1.82, 2.24) is 0 Å². The van der Waals surface area contributed by atoms with Crippen molar-refractivity contribution in [1.29, 1.82) is 0 Å². The van der Waals surface area contributed by atoms with E-state index in [4.69, 9.17) is 39.5 Å². The second kappa shape index (κ2) is 9.50. The lowest BCUT2D eigenvalue weighted by Gasteiger charge is -2.16. The summed E-state index contributed by atoms with van der Waals surface area (Å²) in [7, 11) is 0. The SMILES string of the molecule is Cc1cccc(OC(=O)c2ccc(NC3=C(Cl)C(=O)N(c4ccc(Cl)cc4Cl)C3=O)cc2)c1C. The monoisotopic (exact) mass is 514 g/mol. The quantitative estimate of drug-likeness (QED) is 0.246. The number of nitrogens with one attached hydrogen (secondary N) is 1. The molecule has 0 saturated heterocycles. The van der Waals surface area contributed by atoms with Crippen LogP contribution in [-0.2, 0) is 9.59 Å². The molecule has 1 aliphatic heterocycles. The fraction of sp³-hybridized carbons (Fsp3) is 0.0800. The van der Waals surface area contributed by atoms with E-state index in [9.17, 15) is 14.4 Å². The average Bonchev–Trinajstić information content (AvgIpc) is 3.01. The number of hydrogen-bond donors (Lipinski definition) is 1. The van der Waals surface area contributed by atoms with Crippen molar-refractivity contribution in [2.75, 3.05) is 10.2 Å². The molecule has 1 heterocycles. The number of ether oxygens (including phenoxy) is 1. The minimum absolute atomic E-state index is 0.108. The maximum atomic E-state index is 12.9. The first-order valence-electron chi connectivity index (χ1n) is 10.1. The lowest BCUT2D eigenvalue weighted by atomic mass is 10.1. The molecule has 0 fully saturated rings. The maximum absolute atomic E-state index is 12.9. The smallest absolute Gasteiger partial charge is 0.343 e. The Bertz CT molecular complexity index is 1370. The zero-order chi connectivity index (χ0) is 24.6. The second-order valence-electron chi connectivity index (χ2n) is 7.52. The number of rotatable bonds is 5. The Balaban J connectivity index is 1.50. The number of carbonyl (C=O) groups excluding carboxylic acids is 3. The number of aryl methyl sites for hydroxylation is 1. The highest BCUT2D eigenvalue weighted by Gasteiger charge is 2.39. The molecule has 3 aromatic carbocycles. The van der Waals surface area contributed by atoms with E-state index in [1.54, 1.807) is 30.3 Å². The van der Waals surface area contributed by atoms with Gasteiger partial charge in [0.2, 0.25) is 0 Å². The van der Waals surface area contributed by atoms with Gasteiger partial charge in [0.15, 0.2) is 0 Å². The van der Waals surface area contributed by atoms with Crippen LogP contribution in [0, 0.1) is 13.8 Å². The number of anilines is 2. The first-order valence-corrected chi connectivity index (χ1v) is 11.2. The molecule has 0 unspecified atom stereocenters. The van der Waals surface area contributed by atoms with Gasteiger partial charge in [-0.25, -0.2) is 9.69 Å². The van der Waals surface area contributed by atoms with Gasteiger partial charge < -0.3 is 10.1 Å². The van der Waals surface area contributed by atoms with E-state index in [0.717, 1.165) is 16.0 Å². The molecule has 9 heteroatoms. The van der Waals surface area contributed by atoms with Crippen LogP contribution in [0.25, 0.3) is 0 Å². The molecular weight excluding hydrogens is 499 g/mol. The van der Waals surface area contributed by atoms with Gasteiger partial charge in [0.1, 0.15) is 16.5 Å². The van der Waals surface area contributed by atoms with Crippen LogP contribution in [0.3, 0.4) is 0 Å². The molecule has 0 aliphatic carbocycles. The van der Waals surface area contributed by atoms with E-state index >= 15 is 0 Å². The highest BCUT2D eigenvalue weighted by molar-refractivity contribution is 6.53. The first-order chi connectivity index (χ1) is 16.2. The van der Waals surface area contributed by atoms with Crippen LogP contribution in [0.15, 0.2) is 71.4 Å². The molecule has 0 saturated carbocycles. The molecule has 172 valence electrons. The molecule has 4 rings (SSSR count). The molecule has 3 aromatic rings. The van der Waals surface area contributed by atoms with E-state index in [-0.39, 0.29) is 21.4 Å². The van der Waals surface area contributed by atoms with Gasteiger partial charge in [-0.1, -0.05) is 46.9 Å².